The molecule has 0 aromatic carbocycles. The van der Waals surface area contributed by atoms with Crippen LogP contribution in [-0.2, 0) is 11.3 Å². The summed E-state index contributed by atoms with van der Waals surface area (Å²) >= 11 is 0. The third-order valence-electron chi connectivity index (χ3n) is 5.06. The number of piperidine rings is 1. The molecule has 2 aromatic rings. The second-order valence-corrected chi connectivity index (χ2v) is 7.90. The van der Waals surface area contributed by atoms with Crippen LogP contribution >= 0.6 is 0 Å². The van der Waals surface area contributed by atoms with Crippen LogP contribution in [0.2, 0.25) is 0 Å². The van der Waals surface area contributed by atoms with E-state index in [0.717, 1.165) is 38.2 Å². The second-order valence-electron chi connectivity index (χ2n) is 7.90. The molecule has 27 heavy (non-hydrogen) atoms. The van der Waals surface area contributed by atoms with Gasteiger partial charge in [-0.15, -0.1) is 0 Å². The Kier molecular flexibility index (Phi) is 6.93. The maximum absolute atomic E-state index is 12.5. The molecule has 0 bridgehead atoms. The van der Waals surface area contributed by atoms with Gasteiger partial charge in [-0.25, -0.2) is 0 Å². The van der Waals surface area contributed by atoms with E-state index < -0.39 is 0 Å². The van der Waals surface area contributed by atoms with Gasteiger partial charge in [0.15, 0.2) is 0 Å². The van der Waals surface area contributed by atoms with Gasteiger partial charge in [-0.2, -0.15) is 0 Å². The molecule has 0 aliphatic carbocycles. The van der Waals surface area contributed by atoms with Crippen LogP contribution in [0.1, 0.15) is 50.4 Å². The molecule has 1 aliphatic heterocycles. The quantitative estimate of drug-likeness (QED) is 0.813. The van der Waals surface area contributed by atoms with Crippen molar-refractivity contribution in [2.75, 3.05) is 13.1 Å². The molecule has 1 fully saturated rings. The van der Waals surface area contributed by atoms with Crippen molar-refractivity contribution in [3.8, 4) is 0 Å². The highest BCUT2D eigenvalue weighted by Gasteiger charge is 2.30. The number of aromatic nitrogens is 2. The first-order valence-electron chi connectivity index (χ1n) is 9.93. The summed E-state index contributed by atoms with van der Waals surface area (Å²) < 4.78 is 0. The van der Waals surface area contributed by atoms with Gasteiger partial charge in [0.05, 0.1) is 11.7 Å². The average Bonchev–Trinajstić information content (AvgIpc) is 2.67. The number of nitrogens with one attached hydrogen (secondary N) is 1. The Bertz CT molecular complexity index is 705. The van der Waals surface area contributed by atoms with E-state index in [-0.39, 0.29) is 11.9 Å². The van der Waals surface area contributed by atoms with Crippen LogP contribution in [0.4, 0.5) is 0 Å². The number of carbonyl (C=O) groups excluding carboxylic acids is 1. The molecule has 0 spiro atoms. The average molecular weight is 367 g/mol. The molecule has 1 N–H and O–H groups in total. The zero-order valence-electron chi connectivity index (χ0n) is 16.3. The molecular weight excluding hydrogens is 336 g/mol. The van der Waals surface area contributed by atoms with Crippen LogP contribution in [0.3, 0.4) is 0 Å². The van der Waals surface area contributed by atoms with Gasteiger partial charge < -0.3 is 5.32 Å². The van der Waals surface area contributed by atoms with Crippen molar-refractivity contribution in [3.63, 3.8) is 0 Å². The molecule has 5 nitrogen and oxygen atoms in total. The van der Waals surface area contributed by atoms with E-state index in [1.54, 1.807) is 0 Å². The summed E-state index contributed by atoms with van der Waals surface area (Å²) in [7, 11) is 0. The van der Waals surface area contributed by atoms with E-state index >= 15 is 0 Å². The van der Waals surface area contributed by atoms with E-state index in [4.69, 9.17) is 0 Å². The lowest BCUT2D eigenvalue weighted by atomic mass is 9.88. The Morgan fingerprint density at radius 2 is 2.15 bits per heavy atom. The SMILES string of the molecule is CC(C)CC(=O)N[C@@H](c1ccccn1)[C@H]1CCCN(Cc2cccnc2)C1. The molecule has 1 saturated heterocycles. The van der Waals surface area contributed by atoms with Crippen LogP contribution < -0.4 is 5.32 Å². The number of pyridine rings is 2. The Hall–Kier alpha value is -2.27. The second kappa shape index (κ2) is 9.60. The summed E-state index contributed by atoms with van der Waals surface area (Å²) in [5, 5.41) is 3.28. The molecule has 1 amide bonds. The Labute approximate surface area is 162 Å². The van der Waals surface area contributed by atoms with Crippen LogP contribution in [0.25, 0.3) is 0 Å². The van der Waals surface area contributed by atoms with Gasteiger partial charge in [0.1, 0.15) is 0 Å². The number of hydrogen-bond donors (Lipinski definition) is 1. The largest absolute Gasteiger partial charge is 0.347 e. The Balaban J connectivity index is 1.71. The van der Waals surface area contributed by atoms with Crippen LogP contribution in [-0.4, -0.2) is 33.9 Å². The molecule has 0 unspecified atom stereocenters. The number of rotatable bonds is 7. The summed E-state index contributed by atoms with van der Waals surface area (Å²) in [6, 6.07) is 10.0. The normalized spacial score (nSPS) is 19.0. The van der Waals surface area contributed by atoms with Crippen LogP contribution in [0.15, 0.2) is 48.9 Å². The topological polar surface area (TPSA) is 58.1 Å². The van der Waals surface area contributed by atoms with Crippen molar-refractivity contribution in [2.24, 2.45) is 11.8 Å². The van der Waals surface area contributed by atoms with E-state index in [1.807, 2.05) is 42.9 Å². The molecule has 5 heteroatoms. The number of nitrogens with zero attached hydrogens (tertiary/aromatic N) is 3. The van der Waals surface area contributed by atoms with E-state index in [9.17, 15) is 4.79 Å². The predicted molar refractivity (Wildman–Crippen MR) is 107 cm³/mol. The third-order valence-corrected chi connectivity index (χ3v) is 5.06. The van der Waals surface area contributed by atoms with Gasteiger partial charge in [0.25, 0.3) is 0 Å². The first kappa shape index (κ1) is 19.5. The fourth-order valence-electron chi connectivity index (χ4n) is 3.85. The van der Waals surface area contributed by atoms with E-state index in [2.05, 4.69) is 40.1 Å². The van der Waals surface area contributed by atoms with Gasteiger partial charge in [-0.3, -0.25) is 19.7 Å². The van der Waals surface area contributed by atoms with Crippen molar-refractivity contribution >= 4 is 5.91 Å². The first-order valence-corrected chi connectivity index (χ1v) is 9.93. The zero-order chi connectivity index (χ0) is 19.1. The summed E-state index contributed by atoms with van der Waals surface area (Å²) in [5.74, 6) is 0.828. The highest BCUT2D eigenvalue weighted by atomic mass is 16.1. The van der Waals surface area contributed by atoms with Crippen molar-refractivity contribution in [3.05, 3.63) is 60.2 Å². The smallest absolute Gasteiger partial charge is 0.220 e. The van der Waals surface area contributed by atoms with E-state index in [0.29, 0.717) is 18.3 Å². The Morgan fingerprint density at radius 1 is 1.26 bits per heavy atom. The Morgan fingerprint density at radius 3 is 2.85 bits per heavy atom. The maximum atomic E-state index is 12.5. The van der Waals surface area contributed by atoms with Gasteiger partial charge in [-0.05, 0) is 55.0 Å². The lowest BCUT2D eigenvalue weighted by Gasteiger charge is -2.37. The monoisotopic (exact) mass is 366 g/mol. The summed E-state index contributed by atoms with van der Waals surface area (Å²) in [4.78, 5) is 23.7. The molecule has 144 valence electrons. The van der Waals surface area contributed by atoms with Gasteiger partial charge >= 0.3 is 0 Å². The summed E-state index contributed by atoms with van der Waals surface area (Å²) in [6.07, 6.45) is 8.35. The number of amides is 1. The molecule has 0 radical (unpaired) electrons. The minimum absolute atomic E-state index is 0.0332. The molecule has 3 heterocycles. The molecule has 3 rings (SSSR count). The minimum atomic E-state index is -0.0332. The highest BCUT2D eigenvalue weighted by Crippen LogP contribution is 2.30. The maximum Gasteiger partial charge on any atom is 0.220 e. The van der Waals surface area contributed by atoms with Crippen LogP contribution in [0, 0.1) is 11.8 Å². The molecular formula is C22H30N4O. The molecule has 0 saturated carbocycles. The summed E-state index contributed by atoms with van der Waals surface area (Å²) in [5.41, 5.74) is 2.19. The van der Waals surface area contributed by atoms with Gasteiger partial charge in [-0.1, -0.05) is 26.0 Å². The molecule has 2 aromatic heterocycles. The van der Waals surface area contributed by atoms with E-state index in [1.165, 1.54) is 5.56 Å². The van der Waals surface area contributed by atoms with Gasteiger partial charge in [0.2, 0.25) is 5.91 Å². The van der Waals surface area contributed by atoms with Gasteiger partial charge in [0, 0.05) is 38.1 Å². The number of likely N-dealkylation sites (tertiary alicyclic amines) is 1. The first-order chi connectivity index (χ1) is 13.1. The van der Waals surface area contributed by atoms with Crippen molar-refractivity contribution in [1.82, 2.24) is 20.2 Å². The summed E-state index contributed by atoms with van der Waals surface area (Å²) in [6.45, 7) is 7.09. The fourth-order valence-corrected chi connectivity index (χ4v) is 3.85. The number of carbonyl (C=O) groups is 1. The third kappa shape index (κ3) is 5.86. The van der Waals surface area contributed by atoms with Crippen LogP contribution in [0.5, 0.6) is 0 Å². The van der Waals surface area contributed by atoms with Crippen molar-refractivity contribution < 1.29 is 4.79 Å². The number of hydrogen-bond acceptors (Lipinski definition) is 4. The standard InChI is InChI=1S/C22H30N4O/c1-17(2)13-21(27)25-22(20-9-3-4-11-24-20)19-8-6-12-26(16-19)15-18-7-5-10-23-14-18/h3-5,7,9-11,14,17,19,22H,6,8,12-13,15-16H2,1-2H3,(H,25,27)/t19-,22+/m0/s1. The predicted octanol–water partition coefficient (Wildman–Crippen LogP) is 3.59. The highest BCUT2D eigenvalue weighted by molar-refractivity contribution is 5.76. The zero-order valence-corrected chi connectivity index (χ0v) is 16.3. The lowest BCUT2D eigenvalue weighted by Crippen LogP contribution is -2.43. The minimum Gasteiger partial charge on any atom is -0.347 e. The van der Waals surface area contributed by atoms with Crippen molar-refractivity contribution in [2.45, 2.75) is 45.7 Å². The lowest BCUT2D eigenvalue weighted by molar-refractivity contribution is -0.123. The van der Waals surface area contributed by atoms with Crippen molar-refractivity contribution in [1.29, 1.82) is 0 Å². The molecule has 1 aliphatic rings. The fraction of sp³-hybridized carbons (Fsp3) is 0.500. The molecule has 2 atom stereocenters.